The number of benzene rings is 1. The van der Waals surface area contributed by atoms with E-state index in [1.165, 1.54) is 14.0 Å². The molecule has 0 aliphatic carbocycles. The lowest BCUT2D eigenvalue weighted by Gasteiger charge is -2.29. The highest BCUT2D eigenvalue weighted by Gasteiger charge is 2.38. The van der Waals surface area contributed by atoms with Crippen LogP contribution < -0.4 is 16.1 Å². The summed E-state index contributed by atoms with van der Waals surface area (Å²) in [4.78, 5) is 45.7. The van der Waals surface area contributed by atoms with Crippen molar-refractivity contribution in [3.63, 3.8) is 0 Å². The van der Waals surface area contributed by atoms with Gasteiger partial charge in [-0.2, -0.15) is 0 Å². The first-order valence-electron chi connectivity index (χ1n) is 10.6. The van der Waals surface area contributed by atoms with Crippen molar-refractivity contribution in [2.45, 2.75) is 58.8 Å². The van der Waals surface area contributed by atoms with Crippen LogP contribution in [0.4, 0.5) is 10.5 Å². The molecule has 9 nitrogen and oxygen atoms in total. The molecule has 1 aliphatic rings. The summed E-state index contributed by atoms with van der Waals surface area (Å²) >= 11 is 9.75. The van der Waals surface area contributed by atoms with Crippen molar-refractivity contribution < 1.29 is 9.53 Å². The summed E-state index contributed by atoms with van der Waals surface area (Å²) in [5.41, 5.74) is 0.367. The number of fused-ring (bicyclic) bond motifs is 2. The molecule has 11 heteroatoms. The van der Waals surface area contributed by atoms with E-state index in [1.807, 2.05) is 6.92 Å². The van der Waals surface area contributed by atoms with Gasteiger partial charge in [-0.05, 0) is 67.7 Å². The Morgan fingerprint density at radius 3 is 2.61 bits per heavy atom. The SMILES string of the molecule is CCn1c(=O)n(CC2Cc3c(Cl)cccc3N2C(=O)OC(C)(C)C)c(=O)c2c1nc(Br)n2C. The Hall–Kier alpha value is -2.59. The molecule has 1 atom stereocenters. The number of imidazole rings is 1. The molecule has 0 radical (unpaired) electrons. The van der Waals surface area contributed by atoms with Crippen LogP contribution in [0.2, 0.25) is 5.02 Å². The number of ether oxygens (including phenoxy) is 1. The summed E-state index contributed by atoms with van der Waals surface area (Å²) in [6.07, 6.45) is -0.166. The van der Waals surface area contributed by atoms with E-state index in [1.54, 1.807) is 50.6 Å². The maximum Gasteiger partial charge on any atom is 0.415 e. The van der Waals surface area contributed by atoms with Gasteiger partial charge in [0.25, 0.3) is 5.56 Å². The highest BCUT2D eigenvalue weighted by molar-refractivity contribution is 9.10. The average Bonchev–Trinajstić information content (AvgIpc) is 3.23. The van der Waals surface area contributed by atoms with Gasteiger partial charge >= 0.3 is 11.8 Å². The molecule has 0 fully saturated rings. The van der Waals surface area contributed by atoms with Gasteiger partial charge < -0.3 is 9.30 Å². The molecule has 1 unspecified atom stereocenters. The number of halogens is 2. The van der Waals surface area contributed by atoms with Gasteiger partial charge in [0.05, 0.1) is 18.3 Å². The van der Waals surface area contributed by atoms with Crippen LogP contribution in [0.25, 0.3) is 11.2 Å². The van der Waals surface area contributed by atoms with Crippen molar-refractivity contribution in [1.82, 2.24) is 18.7 Å². The first kappa shape index (κ1) is 23.6. The Morgan fingerprint density at radius 2 is 1.97 bits per heavy atom. The van der Waals surface area contributed by atoms with Crippen molar-refractivity contribution in [3.8, 4) is 0 Å². The van der Waals surface area contributed by atoms with E-state index in [-0.39, 0.29) is 6.54 Å². The maximum atomic E-state index is 13.4. The fourth-order valence-electron chi connectivity index (χ4n) is 4.20. The zero-order chi connectivity index (χ0) is 24.2. The fraction of sp³-hybridized carbons (Fsp3) is 0.455. The molecule has 0 spiro atoms. The van der Waals surface area contributed by atoms with E-state index in [9.17, 15) is 14.4 Å². The molecule has 3 heterocycles. The lowest BCUT2D eigenvalue weighted by atomic mass is 10.1. The lowest BCUT2D eigenvalue weighted by Crippen LogP contribution is -2.48. The van der Waals surface area contributed by atoms with Gasteiger partial charge in [0.15, 0.2) is 15.9 Å². The molecule has 0 N–H and O–H groups in total. The van der Waals surface area contributed by atoms with E-state index in [0.717, 1.165) is 5.56 Å². The van der Waals surface area contributed by atoms with Crippen molar-refractivity contribution in [1.29, 1.82) is 0 Å². The number of carbonyl (C=O) groups is 1. The molecule has 0 saturated carbocycles. The predicted molar refractivity (Wildman–Crippen MR) is 130 cm³/mol. The number of nitrogens with zero attached hydrogens (tertiary/aromatic N) is 5. The number of rotatable bonds is 3. The summed E-state index contributed by atoms with van der Waals surface area (Å²) in [5, 5.41) is 0.521. The van der Waals surface area contributed by atoms with Crippen LogP contribution in [-0.2, 0) is 31.3 Å². The Morgan fingerprint density at radius 1 is 1.27 bits per heavy atom. The van der Waals surface area contributed by atoms with E-state index in [4.69, 9.17) is 16.3 Å². The van der Waals surface area contributed by atoms with Gasteiger partial charge in [-0.25, -0.2) is 14.6 Å². The predicted octanol–water partition coefficient (Wildman–Crippen LogP) is 3.70. The number of aromatic nitrogens is 4. The molecule has 0 saturated heterocycles. The van der Waals surface area contributed by atoms with Crippen LogP contribution >= 0.6 is 27.5 Å². The van der Waals surface area contributed by atoms with E-state index in [2.05, 4.69) is 20.9 Å². The minimum atomic E-state index is -0.714. The van der Waals surface area contributed by atoms with Gasteiger partial charge in [0.2, 0.25) is 0 Å². The highest BCUT2D eigenvalue weighted by Crippen LogP contribution is 2.38. The Kier molecular flexibility index (Phi) is 5.94. The van der Waals surface area contributed by atoms with Crippen LogP contribution in [0.15, 0.2) is 32.5 Å². The average molecular weight is 539 g/mol. The first-order valence-corrected chi connectivity index (χ1v) is 11.8. The minimum absolute atomic E-state index is 0.0132. The third kappa shape index (κ3) is 3.99. The largest absolute Gasteiger partial charge is 0.443 e. The smallest absolute Gasteiger partial charge is 0.415 e. The zero-order valence-corrected chi connectivity index (χ0v) is 21.4. The van der Waals surface area contributed by atoms with Gasteiger partial charge in [0.1, 0.15) is 5.60 Å². The standard InChI is InChI=1S/C22H25BrClN5O4/c1-6-27-17-16(26(5)19(23)25-17)18(30)28(20(27)31)11-12-10-13-14(24)8-7-9-15(13)29(12)21(32)33-22(2,3)4/h7-9,12H,6,10-11H2,1-5H3. The molecule has 3 aromatic rings. The van der Waals surface area contributed by atoms with Crippen LogP contribution in [0.3, 0.4) is 0 Å². The summed E-state index contributed by atoms with van der Waals surface area (Å²) in [6, 6.07) is 4.78. The van der Waals surface area contributed by atoms with Crippen molar-refractivity contribution in [2.24, 2.45) is 7.05 Å². The first-order chi connectivity index (χ1) is 15.4. The lowest BCUT2D eigenvalue weighted by molar-refractivity contribution is 0.0566. The van der Waals surface area contributed by atoms with Gasteiger partial charge in [-0.15, -0.1) is 0 Å². The normalized spacial score (nSPS) is 15.8. The zero-order valence-electron chi connectivity index (χ0n) is 19.1. The molecule has 33 heavy (non-hydrogen) atoms. The number of hydrogen-bond donors (Lipinski definition) is 0. The van der Waals surface area contributed by atoms with Crippen LogP contribution in [0, 0.1) is 0 Å². The Bertz CT molecular complexity index is 1380. The van der Waals surface area contributed by atoms with Gasteiger partial charge in [-0.3, -0.25) is 18.8 Å². The molecule has 1 aromatic carbocycles. The second kappa shape index (κ2) is 8.32. The summed E-state index contributed by atoms with van der Waals surface area (Å²) in [6.45, 7) is 7.50. The second-order valence-electron chi connectivity index (χ2n) is 9.00. The number of anilines is 1. The number of hydrogen-bond acceptors (Lipinski definition) is 5. The number of amides is 1. The van der Waals surface area contributed by atoms with Crippen molar-refractivity contribution in [2.75, 3.05) is 4.90 Å². The summed E-state index contributed by atoms with van der Waals surface area (Å²) < 4.78 is 10.3. The second-order valence-corrected chi connectivity index (χ2v) is 10.1. The third-order valence-electron chi connectivity index (χ3n) is 5.65. The van der Waals surface area contributed by atoms with Crippen LogP contribution in [0.5, 0.6) is 0 Å². The van der Waals surface area contributed by atoms with Crippen LogP contribution in [-0.4, -0.2) is 36.4 Å². The number of carbonyl (C=O) groups excluding carboxylic acids is 1. The molecule has 1 amide bonds. The van der Waals surface area contributed by atoms with Crippen LogP contribution in [0.1, 0.15) is 33.3 Å². The van der Waals surface area contributed by atoms with Crippen molar-refractivity contribution >= 4 is 50.5 Å². The third-order valence-corrected chi connectivity index (χ3v) is 6.71. The van der Waals surface area contributed by atoms with E-state index >= 15 is 0 Å². The topological polar surface area (TPSA) is 91.4 Å². The Balaban J connectivity index is 1.85. The molecule has 2 aromatic heterocycles. The van der Waals surface area contributed by atoms with Crippen molar-refractivity contribution in [3.05, 3.63) is 54.4 Å². The van der Waals surface area contributed by atoms with E-state index in [0.29, 0.717) is 39.6 Å². The van der Waals surface area contributed by atoms with Gasteiger partial charge in [-0.1, -0.05) is 17.7 Å². The molecule has 176 valence electrons. The Labute approximate surface area is 203 Å². The molecule has 4 rings (SSSR count). The molecule has 0 bridgehead atoms. The summed E-state index contributed by atoms with van der Waals surface area (Å²) in [7, 11) is 1.70. The van der Waals surface area contributed by atoms with Gasteiger partial charge in [0, 0.05) is 18.6 Å². The maximum absolute atomic E-state index is 13.4. The minimum Gasteiger partial charge on any atom is -0.443 e. The van der Waals surface area contributed by atoms with E-state index < -0.39 is 29.0 Å². The molecule has 1 aliphatic heterocycles. The fourth-order valence-corrected chi connectivity index (χ4v) is 4.79. The highest BCUT2D eigenvalue weighted by atomic mass is 79.9. The number of aryl methyl sites for hydroxylation is 2. The quantitative estimate of drug-likeness (QED) is 0.474. The molecular weight excluding hydrogens is 514 g/mol. The molecular formula is C22H25BrClN5O4. The monoisotopic (exact) mass is 537 g/mol. The summed E-state index contributed by atoms with van der Waals surface area (Å²) in [5.74, 6) is 0.